The molecule has 0 aromatic carbocycles. The topological polar surface area (TPSA) is 141 Å². The molecule has 0 saturated heterocycles. The van der Waals surface area contributed by atoms with E-state index in [1.54, 1.807) is 0 Å². The Morgan fingerprint density at radius 2 is 1.10 bits per heavy atom. The molecule has 0 spiro atoms. The van der Waals surface area contributed by atoms with Gasteiger partial charge in [0, 0.05) is 19.3 Å². The van der Waals surface area contributed by atoms with Crippen molar-refractivity contribution in [1.82, 2.24) is 0 Å². The van der Waals surface area contributed by atoms with Crippen LogP contribution >= 0.6 is 0 Å². The van der Waals surface area contributed by atoms with E-state index in [9.17, 15) is 14.4 Å². The molecule has 0 rings (SSSR count). The maximum absolute atomic E-state index is 10.9. The fourth-order valence-corrected chi connectivity index (χ4v) is 1.89. The van der Waals surface area contributed by atoms with Crippen LogP contribution in [0.4, 0.5) is 0 Å². The van der Waals surface area contributed by atoms with Gasteiger partial charge in [-0.25, -0.2) is 0 Å². The number of aliphatic hydroxyl groups is 2. The zero-order valence-corrected chi connectivity index (χ0v) is 18.4. The van der Waals surface area contributed by atoms with E-state index in [0.717, 1.165) is 57.8 Å². The molecule has 1 unspecified atom stereocenters. The summed E-state index contributed by atoms with van der Waals surface area (Å²) in [5, 5.41) is 33.6. The molecule has 29 heavy (non-hydrogen) atoms. The Balaban J connectivity index is -0.000000368. The second-order valence-electron chi connectivity index (χ2n) is 6.68. The van der Waals surface area contributed by atoms with Gasteiger partial charge in [-0.05, 0) is 19.3 Å². The van der Waals surface area contributed by atoms with Crippen molar-refractivity contribution in [2.45, 2.75) is 104 Å². The lowest BCUT2D eigenvalue weighted by molar-refractivity contribution is -0.147. The number of ether oxygens (including phenoxy) is 1. The number of carbonyl (C=O) groups is 3. The normalized spacial score (nSPS) is 10.7. The van der Waals surface area contributed by atoms with Crippen LogP contribution in [0.25, 0.3) is 0 Å². The zero-order chi connectivity index (χ0) is 22.9. The SMILES string of the molecule is CCCCCC(=O)O.CCCCCC(=O)O.CCCCCC(=O)OCC(O)CO. The number of hydrogen-bond donors (Lipinski definition) is 4. The predicted molar refractivity (Wildman–Crippen MR) is 112 cm³/mol. The standard InChI is InChI=1S/C9H18O4.2C6H12O2/c1-2-3-4-5-9(12)13-7-8(11)6-10;2*1-2-3-4-5-6(7)8/h8,10-11H,2-7H2,1H3;2*2-5H2,1H3,(H,7,8). The van der Waals surface area contributed by atoms with Gasteiger partial charge in [0.1, 0.15) is 12.7 Å². The monoisotopic (exact) mass is 422 g/mol. The number of carboxylic acids is 2. The lowest BCUT2D eigenvalue weighted by atomic mass is 10.2. The highest BCUT2D eigenvalue weighted by Crippen LogP contribution is 2.01. The summed E-state index contributed by atoms with van der Waals surface area (Å²) in [6.45, 7) is 5.69. The summed E-state index contributed by atoms with van der Waals surface area (Å²) in [6.07, 6.45) is 8.90. The molecular weight excluding hydrogens is 380 g/mol. The minimum Gasteiger partial charge on any atom is -0.481 e. The fourth-order valence-electron chi connectivity index (χ4n) is 1.89. The van der Waals surface area contributed by atoms with E-state index in [1.807, 2.05) is 0 Å². The summed E-state index contributed by atoms with van der Waals surface area (Å²) < 4.78 is 4.69. The molecule has 0 aromatic heterocycles. The molecule has 174 valence electrons. The summed E-state index contributed by atoms with van der Waals surface area (Å²) in [5.41, 5.74) is 0. The molecule has 0 saturated carbocycles. The Hall–Kier alpha value is -1.67. The Labute approximate surface area is 175 Å². The zero-order valence-electron chi connectivity index (χ0n) is 18.4. The van der Waals surface area contributed by atoms with Crippen LogP contribution in [0.3, 0.4) is 0 Å². The summed E-state index contributed by atoms with van der Waals surface area (Å²) >= 11 is 0. The van der Waals surface area contributed by atoms with Gasteiger partial charge >= 0.3 is 17.9 Å². The van der Waals surface area contributed by atoms with Crippen molar-refractivity contribution < 1.29 is 39.5 Å². The third-order valence-electron chi connectivity index (χ3n) is 3.62. The Morgan fingerprint density at radius 3 is 1.41 bits per heavy atom. The van der Waals surface area contributed by atoms with E-state index in [-0.39, 0.29) is 19.2 Å². The first-order valence-electron chi connectivity index (χ1n) is 10.6. The van der Waals surface area contributed by atoms with E-state index >= 15 is 0 Å². The predicted octanol–water partition coefficient (Wildman–Crippen LogP) is 3.77. The molecule has 1 atom stereocenters. The highest BCUT2D eigenvalue weighted by Gasteiger charge is 2.06. The van der Waals surface area contributed by atoms with Gasteiger partial charge < -0.3 is 25.2 Å². The lowest BCUT2D eigenvalue weighted by Gasteiger charge is -2.07. The van der Waals surface area contributed by atoms with Crippen molar-refractivity contribution >= 4 is 17.9 Å². The van der Waals surface area contributed by atoms with Crippen LogP contribution < -0.4 is 0 Å². The highest BCUT2D eigenvalue weighted by atomic mass is 16.5. The van der Waals surface area contributed by atoms with E-state index < -0.39 is 18.0 Å². The van der Waals surface area contributed by atoms with Gasteiger partial charge in [0.2, 0.25) is 0 Å². The third-order valence-corrected chi connectivity index (χ3v) is 3.62. The summed E-state index contributed by atoms with van der Waals surface area (Å²) in [4.78, 5) is 30.7. The molecular formula is C21H42O8. The van der Waals surface area contributed by atoms with Crippen LogP contribution in [0.1, 0.15) is 97.8 Å². The maximum atomic E-state index is 10.9. The minimum absolute atomic E-state index is 0.110. The van der Waals surface area contributed by atoms with Gasteiger partial charge in [-0.15, -0.1) is 0 Å². The molecule has 0 aromatic rings. The van der Waals surface area contributed by atoms with Crippen molar-refractivity contribution in [3.63, 3.8) is 0 Å². The second-order valence-corrected chi connectivity index (χ2v) is 6.68. The Bertz CT molecular complexity index is 365. The molecule has 0 radical (unpaired) electrons. The van der Waals surface area contributed by atoms with Gasteiger partial charge in [0.15, 0.2) is 0 Å². The van der Waals surface area contributed by atoms with Crippen LogP contribution in [-0.4, -0.2) is 57.7 Å². The number of aliphatic hydroxyl groups excluding tert-OH is 2. The lowest BCUT2D eigenvalue weighted by Crippen LogP contribution is -2.21. The summed E-state index contributed by atoms with van der Waals surface area (Å²) in [5.74, 6) is -1.67. The van der Waals surface area contributed by atoms with Crippen LogP contribution in [-0.2, 0) is 19.1 Å². The number of carbonyl (C=O) groups excluding carboxylic acids is 1. The minimum atomic E-state index is -0.949. The van der Waals surface area contributed by atoms with Crippen LogP contribution in [0.5, 0.6) is 0 Å². The van der Waals surface area contributed by atoms with Crippen molar-refractivity contribution in [2.24, 2.45) is 0 Å². The molecule has 0 fully saturated rings. The number of aliphatic carboxylic acids is 2. The molecule has 8 nitrogen and oxygen atoms in total. The average molecular weight is 423 g/mol. The van der Waals surface area contributed by atoms with Gasteiger partial charge in [0.05, 0.1) is 6.61 Å². The second kappa shape index (κ2) is 26.3. The summed E-state index contributed by atoms with van der Waals surface area (Å²) in [6, 6.07) is 0. The van der Waals surface area contributed by atoms with Crippen molar-refractivity contribution in [3.05, 3.63) is 0 Å². The molecule has 0 bridgehead atoms. The molecule has 0 amide bonds. The van der Waals surface area contributed by atoms with Crippen LogP contribution in [0, 0.1) is 0 Å². The molecule has 0 aliphatic carbocycles. The molecule has 0 aliphatic heterocycles. The Kier molecular flexibility index (Phi) is 29.1. The van der Waals surface area contributed by atoms with E-state index in [0.29, 0.717) is 19.3 Å². The van der Waals surface area contributed by atoms with E-state index in [2.05, 4.69) is 20.8 Å². The van der Waals surface area contributed by atoms with Crippen molar-refractivity contribution in [2.75, 3.05) is 13.2 Å². The quantitative estimate of drug-likeness (QED) is 0.231. The molecule has 0 aliphatic rings. The smallest absolute Gasteiger partial charge is 0.305 e. The Morgan fingerprint density at radius 1 is 0.724 bits per heavy atom. The average Bonchev–Trinajstić information content (AvgIpc) is 2.67. The number of hydrogen-bond acceptors (Lipinski definition) is 6. The fraction of sp³-hybridized carbons (Fsp3) is 0.857. The molecule has 0 heterocycles. The first kappa shape index (κ1) is 32.0. The molecule has 4 N–H and O–H groups in total. The van der Waals surface area contributed by atoms with Crippen molar-refractivity contribution in [3.8, 4) is 0 Å². The summed E-state index contributed by atoms with van der Waals surface area (Å²) in [7, 11) is 0. The third kappa shape index (κ3) is 37.7. The van der Waals surface area contributed by atoms with Gasteiger partial charge in [0.25, 0.3) is 0 Å². The van der Waals surface area contributed by atoms with Crippen molar-refractivity contribution in [1.29, 1.82) is 0 Å². The van der Waals surface area contributed by atoms with Gasteiger partial charge in [-0.1, -0.05) is 59.3 Å². The highest BCUT2D eigenvalue weighted by molar-refractivity contribution is 5.69. The first-order valence-corrected chi connectivity index (χ1v) is 10.6. The number of rotatable bonds is 15. The van der Waals surface area contributed by atoms with Crippen LogP contribution in [0.15, 0.2) is 0 Å². The first-order chi connectivity index (χ1) is 13.7. The number of unbranched alkanes of at least 4 members (excludes halogenated alkanes) is 6. The van der Waals surface area contributed by atoms with E-state index in [1.165, 1.54) is 0 Å². The maximum Gasteiger partial charge on any atom is 0.305 e. The number of carboxylic acid groups (broad SMARTS) is 2. The van der Waals surface area contributed by atoms with Crippen LogP contribution in [0.2, 0.25) is 0 Å². The van der Waals surface area contributed by atoms with Gasteiger partial charge in [-0.2, -0.15) is 0 Å². The molecule has 8 heteroatoms. The van der Waals surface area contributed by atoms with E-state index in [4.69, 9.17) is 25.2 Å². The largest absolute Gasteiger partial charge is 0.481 e. The number of esters is 1. The van der Waals surface area contributed by atoms with Gasteiger partial charge in [-0.3, -0.25) is 14.4 Å².